The van der Waals surface area contributed by atoms with Gasteiger partial charge in [0.1, 0.15) is 5.75 Å². The second-order valence-corrected chi connectivity index (χ2v) is 6.88. The molecule has 6 nitrogen and oxygen atoms in total. The van der Waals surface area contributed by atoms with Gasteiger partial charge in [0.05, 0.1) is 5.69 Å². The van der Waals surface area contributed by atoms with E-state index in [2.05, 4.69) is 24.1 Å². The van der Waals surface area contributed by atoms with E-state index in [-0.39, 0.29) is 18.4 Å². The molecule has 2 amide bonds. The number of carbonyl (C=O) groups is 2. The van der Waals surface area contributed by atoms with Crippen LogP contribution < -0.4 is 15.0 Å². The first kappa shape index (κ1) is 16.8. The van der Waals surface area contributed by atoms with E-state index in [0.717, 1.165) is 19.5 Å². The summed E-state index contributed by atoms with van der Waals surface area (Å²) in [5.74, 6) is 0.922. The first-order valence-electron chi connectivity index (χ1n) is 8.51. The van der Waals surface area contributed by atoms with E-state index in [1.54, 1.807) is 25.2 Å². The Hall–Kier alpha value is -2.08. The Bertz CT molecular complexity index is 644. The van der Waals surface area contributed by atoms with Crippen molar-refractivity contribution in [2.24, 2.45) is 5.92 Å². The fourth-order valence-corrected chi connectivity index (χ4v) is 3.25. The number of rotatable bonds is 4. The summed E-state index contributed by atoms with van der Waals surface area (Å²) in [4.78, 5) is 28.1. The highest BCUT2D eigenvalue weighted by Crippen LogP contribution is 2.31. The second kappa shape index (κ2) is 6.81. The summed E-state index contributed by atoms with van der Waals surface area (Å²) in [6, 6.07) is 5.77. The third kappa shape index (κ3) is 3.38. The smallest absolute Gasteiger partial charge is 0.264 e. The highest BCUT2D eigenvalue weighted by molar-refractivity contribution is 6.00. The molecule has 24 heavy (non-hydrogen) atoms. The minimum atomic E-state index is -0.111. The predicted molar refractivity (Wildman–Crippen MR) is 92.5 cm³/mol. The molecular formula is C18H25N3O3. The quantitative estimate of drug-likeness (QED) is 0.908. The number of hydrogen-bond acceptors (Lipinski definition) is 4. The van der Waals surface area contributed by atoms with E-state index in [1.165, 1.54) is 4.90 Å². The fourth-order valence-electron chi connectivity index (χ4n) is 3.25. The Labute approximate surface area is 142 Å². The molecule has 0 bridgehead atoms. The molecule has 1 atom stereocenters. The van der Waals surface area contributed by atoms with Gasteiger partial charge in [-0.05, 0) is 50.9 Å². The molecule has 6 heteroatoms. The molecule has 0 aromatic heterocycles. The van der Waals surface area contributed by atoms with Crippen LogP contribution in [0.2, 0.25) is 0 Å². The van der Waals surface area contributed by atoms with Gasteiger partial charge in [-0.1, -0.05) is 0 Å². The number of anilines is 1. The molecule has 0 aliphatic carbocycles. The second-order valence-electron chi connectivity index (χ2n) is 6.88. The topological polar surface area (TPSA) is 61.9 Å². The third-order valence-electron chi connectivity index (χ3n) is 4.91. The summed E-state index contributed by atoms with van der Waals surface area (Å²) in [7, 11) is 1.70. The van der Waals surface area contributed by atoms with Crippen LogP contribution in [0.25, 0.3) is 0 Å². The molecule has 2 aliphatic heterocycles. The Morgan fingerprint density at radius 1 is 1.42 bits per heavy atom. The Kier molecular flexibility index (Phi) is 4.76. The molecule has 0 saturated carbocycles. The van der Waals surface area contributed by atoms with Gasteiger partial charge in [0, 0.05) is 31.7 Å². The highest BCUT2D eigenvalue weighted by Gasteiger charge is 2.26. The molecule has 0 unspecified atom stereocenters. The molecule has 1 fully saturated rings. The highest BCUT2D eigenvalue weighted by atomic mass is 16.5. The summed E-state index contributed by atoms with van der Waals surface area (Å²) in [6.45, 7) is 7.27. The Morgan fingerprint density at radius 3 is 2.92 bits per heavy atom. The van der Waals surface area contributed by atoms with Crippen LogP contribution in [0.4, 0.5) is 5.69 Å². The first-order valence-corrected chi connectivity index (χ1v) is 8.51. The SMILES string of the molecule is CC(C)N1CC[C@@H](CNC(=O)c2ccc3c(c2)N(C)C(=O)CO3)C1. The molecule has 2 heterocycles. The summed E-state index contributed by atoms with van der Waals surface area (Å²) in [5, 5.41) is 3.02. The van der Waals surface area contributed by atoms with Crippen LogP contribution in [0.15, 0.2) is 18.2 Å². The van der Waals surface area contributed by atoms with Crippen LogP contribution in [0.5, 0.6) is 5.75 Å². The number of carbonyl (C=O) groups excluding carboxylic acids is 2. The number of likely N-dealkylation sites (N-methyl/N-ethyl adjacent to an activating group) is 1. The van der Waals surface area contributed by atoms with E-state index >= 15 is 0 Å². The molecule has 3 rings (SSSR count). The number of fused-ring (bicyclic) bond motifs is 1. The summed E-state index contributed by atoms with van der Waals surface area (Å²) >= 11 is 0. The number of amides is 2. The maximum atomic E-state index is 12.4. The molecule has 0 spiro atoms. The Balaban J connectivity index is 1.61. The van der Waals surface area contributed by atoms with Crippen LogP contribution in [0.3, 0.4) is 0 Å². The van der Waals surface area contributed by atoms with Crippen molar-refractivity contribution >= 4 is 17.5 Å². The zero-order valence-corrected chi connectivity index (χ0v) is 14.5. The van der Waals surface area contributed by atoms with Gasteiger partial charge < -0.3 is 19.9 Å². The van der Waals surface area contributed by atoms with Crippen molar-refractivity contribution < 1.29 is 14.3 Å². The summed E-state index contributed by atoms with van der Waals surface area (Å²) < 4.78 is 5.39. The van der Waals surface area contributed by atoms with Gasteiger partial charge in [0.25, 0.3) is 11.8 Å². The van der Waals surface area contributed by atoms with Gasteiger partial charge in [0.15, 0.2) is 6.61 Å². The minimum absolute atomic E-state index is 0.0447. The molecule has 0 radical (unpaired) electrons. The normalized spacial score (nSPS) is 20.9. The van der Waals surface area contributed by atoms with Crippen molar-refractivity contribution in [3.05, 3.63) is 23.8 Å². The maximum Gasteiger partial charge on any atom is 0.264 e. The lowest BCUT2D eigenvalue weighted by atomic mass is 10.1. The lowest BCUT2D eigenvalue weighted by molar-refractivity contribution is -0.120. The summed E-state index contributed by atoms with van der Waals surface area (Å²) in [6.07, 6.45) is 1.12. The molecule has 130 valence electrons. The monoisotopic (exact) mass is 331 g/mol. The van der Waals surface area contributed by atoms with Gasteiger partial charge >= 0.3 is 0 Å². The predicted octanol–water partition coefficient (Wildman–Crippen LogP) is 1.50. The van der Waals surface area contributed by atoms with Crippen LogP contribution >= 0.6 is 0 Å². The minimum Gasteiger partial charge on any atom is -0.482 e. The lowest BCUT2D eigenvalue weighted by Crippen LogP contribution is -2.36. The number of hydrogen-bond donors (Lipinski definition) is 1. The van der Waals surface area contributed by atoms with Crippen molar-refractivity contribution in [3.63, 3.8) is 0 Å². The maximum absolute atomic E-state index is 12.4. The van der Waals surface area contributed by atoms with Crippen molar-refractivity contribution in [1.82, 2.24) is 10.2 Å². The average Bonchev–Trinajstić information content (AvgIpc) is 3.05. The number of nitrogens with one attached hydrogen (secondary N) is 1. The molecule has 1 aromatic rings. The first-order chi connectivity index (χ1) is 11.5. The van der Waals surface area contributed by atoms with Gasteiger partial charge in [-0.25, -0.2) is 0 Å². The van der Waals surface area contributed by atoms with Gasteiger partial charge in [0.2, 0.25) is 0 Å². The zero-order valence-electron chi connectivity index (χ0n) is 14.5. The summed E-state index contributed by atoms with van der Waals surface area (Å²) in [5.41, 5.74) is 1.20. The molecule has 1 saturated heterocycles. The molecular weight excluding hydrogens is 306 g/mol. The van der Waals surface area contributed by atoms with Crippen molar-refractivity contribution in [2.75, 3.05) is 38.2 Å². The van der Waals surface area contributed by atoms with E-state index in [1.807, 2.05) is 0 Å². The van der Waals surface area contributed by atoms with Crippen LogP contribution in [0.1, 0.15) is 30.6 Å². The van der Waals surface area contributed by atoms with E-state index < -0.39 is 0 Å². The standard InChI is InChI=1S/C18H25N3O3/c1-12(2)21-7-6-13(10-21)9-19-18(23)14-4-5-16-15(8-14)20(3)17(22)11-24-16/h4-5,8,12-13H,6-7,9-11H2,1-3H3,(H,19,23)/t13-/m0/s1. The van der Waals surface area contributed by atoms with E-state index in [9.17, 15) is 9.59 Å². The number of ether oxygens (including phenoxy) is 1. The zero-order chi connectivity index (χ0) is 17.3. The van der Waals surface area contributed by atoms with Gasteiger partial charge in [-0.15, -0.1) is 0 Å². The van der Waals surface area contributed by atoms with Gasteiger partial charge in [-0.3, -0.25) is 9.59 Å². The Morgan fingerprint density at radius 2 is 2.21 bits per heavy atom. The molecule has 1 aromatic carbocycles. The number of nitrogens with zero attached hydrogens (tertiary/aromatic N) is 2. The van der Waals surface area contributed by atoms with Crippen LogP contribution in [-0.2, 0) is 4.79 Å². The number of benzene rings is 1. The largest absolute Gasteiger partial charge is 0.482 e. The van der Waals surface area contributed by atoms with Crippen LogP contribution in [0, 0.1) is 5.92 Å². The van der Waals surface area contributed by atoms with E-state index in [4.69, 9.17) is 4.74 Å². The lowest BCUT2D eigenvalue weighted by Gasteiger charge is -2.26. The van der Waals surface area contributed by atoms with Crippen molar-refractivity contribution in [1.29, 1.82) is 0 Å². The van der Waals surface area contributed by atoms with Crippen LogP contribution in [-0.4, -0.2) is 56.0 Å². The fraction of sp³-hybridized carbons (Fsp3) is 0.556. The third-order valence-corrected chi connectivity index (χ3v) is 4.91. The van der Waals surface area contributed by atoms with E-state index in [0.29, 0.717) is 35.5 Å². The molecule has 1 N–H and O–H groups in total. The average molecular weight is 331 g/mol. The molecule has 2 aliphatic rings. The number of likely N-dealkylation sites (tertiary alicyclic amines) is 1. The van der Waals surface area contributed by atoms with Crippen molar-refractivity contribution in [2.45, 2.75) is 26.3 Å². The van der Waals surface area contributed by atoms with Gasteiger partial charge in [-0.2, -0.15) is 0 Å². The van der Waals surface area contributed by atoms with Crippen molar-refractivity contribution in [3.8, 4) is 5.75 Å².